The van der Waals surface area contributed by atoms with Gasteiger partial charge in [0.1, 0.15) is 0 Å². The Morgan fingerprint density at radius 2 is 1.56 bits per heavy atom. The molecule has 0 aliphatic carbocycles. The average Bonchev–Trinajstić information content (AvgIpc) is 2.69. The van der Waals surface area contributed by atoms with E-state index in [2.05, 4.69) is 14.9 Å². The van der Waals surface area contributed by atoms with Gasteiger partial charge in [0.2, 0.25) is 0 Å². The fourth-order valence-corrected chi connectivity index (χ4v) is 4.77. The molecule has 4 rings (SSSR count). The first-order valence-electron chi connectivity index (χ1n) is 9.11. The number of piperazine rings is 1. The van der Waals surface area contributed by atoms with Gasteiger partial charge in [-0.25, -0.2) is 8.42 Å². The highest BCUT2D eigenvalue weighted by molar-refractivity contribution is 7.93. The number of benzene rings is 3. The summed E-state index contributed by atoms with van der Waals surface area (Å²) in [6.07, 6.45) is 0. The Balaban J connectivity index is 1.76. The molecule has 1 heterocycles. The molecule has 1 aliphatic rings. The lowest BCUT2D eigenvalue weighted by molar-refractivity contribution is 0.590. The molecule has 0 spiro atoms. The summed E-state index contributed by atoms with van der Waals surface area (Å²) >= 11 is 0. The van der Waals surface area contributed by atoms with E-state index in [-0.39, 0.29) is 0 Å². The Morgan fingerprint density at radius 3 is 2.26 bits per heavy atom. The monoisotopic (exact) mass is 381 g/mol. The van der Waals surface area contributed by atoms with E-state index < -0.39 is 10.0 Å². The number of aryl methyl sites for hydroxylation is 1. The average molecular weight is 382 g/mol. The zero-order valence-corrected chi connectivity index (χ0v) is 16.1. The van der Waals surface area contributed by atoms with E-state index in [9.17, 15) is 8.42 Å². The summed E-state index contributed by atoms with van der Waals surface area (Å²) in [6, 6.07) is 18.7. The van der Waals surface area contributed by atoms with Crippen molar-refractivity contribution in [3.05, 3.63) is 66.2 Å². The number of sulfonamides is 1. The van der Waals surface area contributed by atoms with E-state index in [1.54, 1.807) is 18.2 Å². The van der Waals surface area contributed by atoms with Crippen LogP contribution < -0.4 is 14.9 Å². The first-order valence-corrected chi connectivity index (χ1v) is 10.6. The number of anilines is 2. The first kappa shape index (κ1) is 17.8. The molecule has 0 amide bonds. The molecule has 1 aliphatic heterocycles. The lowest BCUT2D eigenvalue weighted by Gasteiger charge is -2.30. The summed E-state index contributed by atoms with van der Waals surface area (Å²) < 4.78 is 28.8. The number of hydrogen-bond donors (Lipinski definition) is 2. The van der Waals surface area contributed by atoms with Crippen molar-refractivity contribution in [3.63, 3.8) is 0 Å². The molecule has 0 aromatic heterocycles. The highest BCUT2D eigenvalue weighted by atomic mass is 32.2. The fraction of sp³-hybridized carbons (Fsp3) is 0.238. The zero-order chi connectivity index (χ0) is 18.9. The maximum Gasteiger partial charge on any atom is 0.262 e. The Hall–Kier alpha value is -2.57. The van der Waals surface area contributed by atoms with E-state index in [1.165, 1.54) is 0 Å². The largest absolute Gasteiger partial charge is 0.368 e. The van der Waals surface area contributed by atoms with Crippen molar-refractivity contribution >= 4 is 32.2 Å². The smallest absolute Gasteiger partial charge is 0.262 e. The van der Waals surface area contributed by atoms with Gasteiger partial charge in [-0.2, -0.15) is 0 Å². The molecule has 140 valence electrons. The molecule has 0 atom stereocenters. The van der Waals surface area contributed by atoms with Crippen LogP contribution in [-0.2, 0) is 10.0 Å². The van der Waals surface area contributed by atoms with Gasteiger partial charge in [0, 0.05) is 48.3 Å². The second kappa shape index (κ2) is 7.21. The van der Waals surface area contributed by atoms with E-state index in [0.717, 1.165) is 48.2 Å². The summed E-state index contributed by atoms with van der Waals surface area (Å²) in [5.41, 5.74) is 2.74. The lowest BCUT2D eigenvalue weighted by Crippen LogP contribution is -2.43. The third-order valence-electron chi connectivity index (χ3n) is 4.91. The van der Waals surface area contributed by atoms with Gasteiger partial charge in [0.15, 0.2) is 0 Å². The predicted octanol–water partition coefficient (Wildman–Crippen LogP) is 3.36. The van der Waals surface area contributed by atoms with Crippen LogP contribution in [0.4, 0.5) is 11.4 Å². The molecule has 0 radical (unpaired) electrons. The topological polar surface area (TPSA) is 61.4 Å². The SMILES string of the molecule is Cc1ccc(NS(=O)(=O)c2ccc(N3CCNCC3)c3ccccc23)cc1. The quantitative estimate of drug-likeness (QED) is 0.728. The number of hydrogen-bond acceptors (Lipinski definition) is 4. The van der Waals surface area contributed by atoms with Gasteiger partial charge in [0.05, 0.1) is 4.90 Å². The minimum Gasteiger partial charge on any atom is -0.368 e. The number of nitrogens with one attached hydrogen (secondary N) is 2. The van der Waals surface area contributed by atoms with E-state index >= 15 is 0 Å². The van der Waals surface area contributed by atoms with Crippen LogP contribution in [0.15, 0.2) is 65.6 Å². The number of nitrogens with zero attached hydrogens (tertiary/aromatic N) is 1. The maximum atomic E-state index is 13.1. The third kappa shape index (κ3) is 3.63. The summed E-state index contributed by atoms with van der Waals surface area (Å²) in [7, 11) is -3.68. The van der Waals surface area contributed by atoms with Crippen LogP contribution in [0.2, 0.25) is 0 Å². The first-order chi connectivity index (χ1) is 13.0. The molecule has 27 heavy (non-hydrogen) atoms. The van der Waals surface area contributed by atoms with Crippen molar-refractivity contribution < 1.29 is 8.42 Å². The Bertz CT molecular complexity index is 1060. The Labute approximate surface area is 160 Å². The lowest BCUT2D eigenvalue weighted by atomic mass is 10.1. The molecule has 1 fully saturated rings. The standard InChI is InChI=1S/C21H23N3O2S/c1-16-6-8-17(9-7-16)23-27(25,26)21-11-10-20(24-14-12-22-13-15-24)18-4-2-3-5-19(18)21/h2-11,22-23H,12-15H2,1H3. The second-order valence-electron chi connectivity index (χ2n) is 6.84. The van der Waals surface area contributed by atoms with Crippen molar-refractivity contribution in [3.8, 4) is 0 Å². The van der Waals surface area contributed by atoms with Gasteiger partial charge in [-0.1, -0.05) is 42.0 Å². The Morgan fingerprint density at radius 1 is 0.889 bits per heavy atom. The molecule has 5 nitrogen and oxygen atoms in total. The molecule has 2 N–H and O–H groups in total. The molecular formula is C21H23N3O2S. The summed E-state index contributed by atoms with van der Waals surface area (Å²) in [5.74, 6) is 0. The van der Waals surface area contributed by atoms with E-state index in [1.807, 2.05) is 49.4 Å². The van der Waals surface area contributed by atoms with Crippen LogP contribution in [0.25, 0.3) is 10.8 Å². The number of fused-ring (bicyclic) bond motifs is 1. The van der Waals surface area contributed by atoms with Gasteiger partial charge >= 0.3 is 0 Å². The van der Waals surface area contributed by atoms with Gasteiger partial charge < -0.3 is 10.2 Å². The minimum absolute atomic E-state index is 0.303. The normalized spacial score (nSPS) is 15.1. The highest BCUT2D eigenvalue weighted by Crippen LogP contribution is 2.32. The van der Waals surface area contributed by atoms with Crippen molar-refractivity contribution in [2.75, 3.05) is 35.8 Å². The number of rotatable bonds is 4. The van der Waals surface area contributed by atoms with Crippen LogP contribution in [0.5, 0.6) is 0 Å². The van der Waals surface area contributed by atoms with Crippen LogP contribution in [0.3, 0.4) is 0 Å². The Kier molecular flexibility index (Phi) is 4.76. The molecule has 0 saturated carbocycles. The van der Waals surface area contributed by atoms with Crippen molar-refractivity contribution in [1.82, 2.24) is 5.32 Å². The van der Waals surface area contributed by atoms with Gasteiger partial charge in [-0.05, 0) is 31.2 Å². The predicted molar refractivity (Wildman–Crippen MR) is 111 cm³/mol. The van der Waals surface area contributed by atoms with Crippen LogP contribution in [0, 0.1) is 6.92 Å². The van der Waals surface area contributed by atoms with Crippen molar-refractivity contribution in [2.45, 2.75) is 11.8 Å². The molecule has 0 unspecified atom stereocenters. The molecular weight excluding hydrogens is 358 g/mol. The molecule has 0 bridgehead atoms. The minimum atomic E-state index is -3.68. The van der Waals surface area contributed by atoms with Crippen LogP contribution >= 0.6 is 0 Å². The zero-order valence-electron chi connectivity index (χ0n) is 15.3. The summed E-state index contributed by atoms with van der Waals surface area (Å²) in [6.45, 7) is 5.67. The highest BCUT2D eigenvalue weighted by Gasteiger charge is 2.21. The van der Waals surface area contributed by atoms with Crippen molar-refractivity contribution in [1.29, 1.82) is 0 Å². The van der Waals surface area contributed by atoms with E-state index in [4.69, 9.17) is 0 Å². The second-order valence-corrected chi connectivity index (χ2v) is 8.49. The molecule has 3 aromatic carbocycles. The fourth-order valence-electron chi connectivity index (χ4n) is 3.50. The van der Waals surface area contributed by atoms with Gasteiger partial charge in [0.25, 0.3) is 10.0 Å². The van der Waals surface area contributed by atoms with Gasteiger partial charge in [-0.15, -0.1) is 0 Å². The maximum absolute atomic E-state index is 13.1. The van der Waals surface area contributed by atoms with E-state index in [0.29, 0.717) is 10.6 Å². The molecule has 6 heteroatoms. The summed E-state index contributed by atoms with van der Waals surface area (Å²) in [4.78, 5) is 2.61. The molecule has 3 aromatic rings. The van der Waals surface area contributed by atoms with Gasteiger partial charge in [-0.3, -0.25) is 4.72 Å². The summed E-state index contributed by atoms with van der Waals surface area (Å²) in [5, 5.41) is 5.06. The third-order valence-corrected chi connectivity index (χ3v) is 6.35. The van der Waals surface area contributed by atoms with Crippen LogP contribution in [-0.4, -0.2) is 34.6 Å². The van der Waals surface area contributed by atoms with Crippen molar-refractivity contribution in [2.24, 2.45) is 0 Å². The molecule has 1 saturated heterocycles. The van der Waals surface area contributed by atoms with Crippen LogP contribution in [0.1, 0.15) is 5.56 Å².